The highest BCUT2D eigenvalue weighted by molar-refractivity contribution is 6.32. The molecule has 18 heavy (non-hydrogen) atoms. The van der Waals surface area contributed by atoms with E-state index in [1.54, 1.807) is 4.90 Å². The van der Waals surface area contributed by atoms with Crippen molar-refractivity contribution in [1.82, 2.24) is 0 Å². The second-order valence-electron chi connectivity index (χ2n) is 4.05. The summed E-state index contributed by atoms with van der Waals surface area (Å²) in [7, 11) is 2.02. The third-order valence-corrected chi connectivity index (χ3v) is 2.70. The van der Waals surface area contributed by atoms with E-state index < -0.39 is 0 Å². The van der Waals surface area contributed by atoms with Crippen LogP contribution < -0.4 is 10.4 Å². The maximum Gasteiger partial charge on any atom is 0.254 e. The summed E-state index contributed by atoms with van der Waals surface area (Å²) in [5, 5.41) is 0. The van der Waals surface area contributed by atoms with Crippen LogP contribution in [0.2, 0.25) is 0 Å². The van der Waals surface area contributed by atoms with Gasteiger partial charge in [-0.1, -0.05) is 42.4 Å². The molecule has 0 aliphatic rings. The summed E-state index contributed by atoms with van der Waals surface area (Å²) < 4.78 is 0. The highest BCUT2D eigenvalue weighted by Crippen LogP contribution is 2.24. The van der Waals surface area contributed by atoms with Gasteiger partial charge < -0.3 is 0 Å². The van der Waals surface area contributed by atoms with Crippen LogP contribution in [0.5, 0.6) is 0 Å². The smallest absolute Gasteiger partial charge is 0.254 e. The summed E-state index contributed by atoms with van der Waals surface area (Å²) >= 11 is 0. The van der Waals surface area contributed by atoms with Gasteiger partial charge in [0.05, 0.1) is 0 Å². The molecule has 2 nitrogen and oxygen atoms in total. The van der Waals surface area contributed by atoms with E-state index in [2.05, 4.69) is 6.58 Å². The van der Waals surface area contributed by atoms with E-state index in [4.69, 9.17) is 0 Å². The predicted octanol–water partition coefficient (Wildman–Crippen LogP) is 1.80. The Bertz CT molecular complexity index is 548. The summed E-state index contributed by atoms with van der Waals surface area (Å²) in [5.74, 6) is -0.134. The number of carbonyl (C=O) groups is 1. The molecular weight excluding hydrogens is 221 g/mol. The average molecular weight is 235 g/mol. The number of para-hydroxylation sites is 1. The molecule has 0 aliphatic carbocycles. The van der Waals surface area contributed by atoms with Crippen LogP contribution in [-0.4, -0.2) is 13.8 Å². The monoisotopic (exact) mass is 235 g/mol. The molecule has 0 atom stereocenters. The Morgan fingerprint density at radius 1 is 1.00 bits per heavy atom. The Kier molecular flexibility index (Phi) is 3.63. The van der Waals surface area contributed by atoms with Crippen molar-refractivity contribution in [1.29, 1.82) is 0 Å². The highest BCUT2D eigenvalue weighted by Gasteiger charge is 2.14. The second-order valence-corrected chi connectivity index (χ2v) is 4.05. The van der Waals surface area contributed by atoms with Crippen molar-refractivity contribution in [2.45, 2.75) is 0 Å². The van der Waals surface area contributed by atoms with Crippen molar-refractivity contribution in [2.75, 3.05) is 4.90 Å². The molecule has 0 spiro atoms. The number of nitrogens with zero attached hydrogens (tertiary/aromatic N) is 1. The molecule has 2 rings (SSSR count). The van der Waals surface area contributed by atoms with Crippen LogP contribution in [-0.2, 0) is 4.79 Å². The van der Waals surface area contributed by atoms with Gasteiger partial charge in [0.2, 0.25) is 0 Å². The molecule has 0 aliphatic heterocycles. The number of rotatable bonds is 3. The lowest BCUT2D eigenvalue weighted by atomic mass is 9.96. The maximum atomic E-state index is 12.0. The minimum absolute atomic E-state index is 0.134. The van der Waals surface area contributed by atoms with Gasteiger partial charge in [0, 0.05) is 11.4 Å². The summed E-state index contributed by atoms with van der Waals surface area (Å²) in [5.41, 5.74) is 2.85. The molecule has 0 fully saturated rings. The molecule has 0 saturated heterocycles. The number of benzene rings is 2. The number of carbonyl (C=O) groups excluding carboxylic acids is 1. The van der Waals surface area contributed by atoms with Crippen molar-refractivity contribution >= 4 is 30.6 Å². The van der Waals surface area contributed by atoms with Crippen molar-refractivity contribution in [3.05, 3.63) is 67.3 Å². The molecule has 0 heterocycles. The number of hydrogen-bond acceptors (Lipinski definition) is 1. The minimum atomic E-state index is -0.134. The number of anilines is 2. The lowest BCUT2D eigenvalue weighted by Crippen LogP contribution is -2.23. The first-order chi connectivity index (χ1) is 8.72. The molecular formula is C15H14BNO. The molecule has 0 saturated carbocycles. The highest BCUT2D eigenvalue weighted by atomic mass is 16.2. The summed E-state index contributed by atoms with van der Waals surface area (Å²) in [4.78, 5) is 13.7. The van der Waals surface area contributed by atoms with E-state index >= 15 is 0 Å². The lowest BCUT2D eigenvalue weighted by Gasteiger charge is -2.21. The Labute approximate surface area is 108 Å². The van der Waals surface area contributed by atoms with E-state index in [1.807, 2.05) is 62.4 Å². The largest absolute Gasteiger partial charge is 0.278 e. The van der Waals surface area contributed by atoms with Crippen molar-refractivity contribution in [3.8, 4) is 0 Å². The lowest BCUT2D eigenvalue weighted by molar-refractivity contribution is -0.113. The number of amides is 1. The Balaban J connectivity index is 2.46. The zero-order chi connectivity index (χ0) is 13.0. The van der Waals surface area contributed by atoms with E-state index in [1.165, 1.54) is 6.08 Å². The predicted molar refractivity (Wildman–Crippen MR) is 78.4 cm³/mol. The molecule has 1 amide bonds. The SMILES string of the molecule is Bc1ccc(N(C(=O)C=C)c2ccccc2)cc1. The topological polar surface area (TPSA) is 20.3 Å². The molecule has 88 valence electrons. The van der Waals surface area contributed by atoms with Crippen molar-refractivity contribution in [3.63, 3.8) is 0 Å². The Morgan fingerprint density at radius 2 is 1.56 bits per heavy atom. The van der Waals surface area contributed by atoms with Crippen molar-refractivity contribution in [2.24, 2.45) is 0 Å². The quantitative estimate of drug-likeness (QED) is 0.586. The molecule has 0 unspecified atom stereocenters. The first-order valence-corrected chi connectivity index (χ1v) is 5.80. The van der Waals surface area contributed by atoms with E-state index in [9.17, 15) is 4.79 Å². The van der Waals surface area contributed by atoms with Gasteiger partial charge >= 0.3 is 0 Å². The van der Waals surface area contributed by atoms with Gasteiger partial charge in [-0.2, -0.15) is 0 Å². The zero-order valence-electron chi connectivity index (χ0n) is 10.3. The van der Waals surface area contributed by atoms with Gasteiger partial charge in [-0.25, -0.2) is 0 Å². The fourth-order valence-electron chi connectivity index (χ4n) is 1.77. The van der Waals surface area contributed by atoms with Gasteiger partial charge in [0.1, 0.15) is 7.85 Å². The van der Waals surface area contributed by atoms with Gasteiger partial charge in [-0.15, -0.1) is 0 Å². The standard InChI is InChI=1S/C15H14BNO/c1-2-15(18)17(13-6-4-3-5-7-13)14-10-8-12(16)9-11-14/h2-11H,1,16H2. The minimum Gasteiger partial charge on any atom is -0.278 e. The van der Waals surface area contributed by atoms with Crippen LogP contribution in [0, 0.1) is 0 Å². The molecule has 0 radical (unpaired) electrons. The van der Waals surface area contributed by atoms with Gasteiger partial charge in [-0.3, -0.25) is 9.69 Å². The molecule has 0 N–H and O–H groups in total. The average Bonchev–Trinajstić information content (AvgIpc) is 2.42. The zero-order valence-corrected chi connectivity index (χ0v) is 10.3. The molecule has 3 heteroatoms. The van der Waals surface area contributed by atoms with Crippen molar-refractivity contribution < 1.29 is 4.79 Å². The van der Waals surface area contributed by atoms with Crippen LogP contribution >= 0.6 is 0 Å². The van der Waals surface area contributed by atoms with E-state index in [0.717, 1.165) is 16.8 Å². The fourth-order valence-corrected chi connectivity index (χ4v) is 1.77. The fraction of sp³-hybridized carbons (Fsp3) is 0. The molecule has 0 aromatic heterocycles. The maximum absolute atomic E-state index is 12.0. The summed E-state index contributed by atoms with van der Waals surface area (Å²) in [6.45, 7) is 3.56. The van der Waals surface area contributed by atoms with Crippen LogP contribution in [0.15, 0.2) is 67.3 Å². The second kappa shape index (κ2) is 5.36. The van der Waals surface area contributed by atoms with E-state index in [0.29, 0.717) is 0 Å². The number of hydrogen-bond donors (Lipinski definition) is 0. The van der Waals surface area contributed by atoms with Gasteiger partial charge in [0.25, 0.3) is 5.91 Å². The molecule has 2 aromatic rings. The van der Waals surface area contributed by atoms with Gasteiger partial charge in [-0.05, 0) is 30.3 Å². The molecule has 2 aromatic carbocycles. The van der Waals surface area contributed by atoms with Crippen LogP contribution in [0.4, 0.5) is 11.4 Å². The summed E-state index contributed by atoms with van der Waals surface area (Å²) in [6.07, 6.45) is 1.33. The first-order valence-electron chi connectivity index (χ1n) is 5.80. The Hall–Kier alpha value is -2.29. The summed E-state index contributed by atoms with van der Waals surface area (Å²) in [6, 6.07) is 17.4. The first kappa shape index (κ1) is 12.2. The van der Waals surface area contributed by atoms with Crippen LogP contribution in [0.1, 0.15) is 0 Å². The third-order valence-electron chi connectivity index (χ3n) is 2.70. The molecule has 0 bridgehead atoms. The van der Waals surface area contributed by atoms with Gasteiger partial charge in [0.15, 0.2) is 0 Å². The van der Waals surface area contributed by atoms with E-state index in [-0.39, 0.29) is 5.91 Å². The van der Waals surface area contributed by atoms with Crippen LogP contribution in [0.25, 0.3) is 0 Å². The Morgan fingerprint density at radius 3 is 2.11 bits per heavy atom. The van der Waals surface area contributed by atoms with Crippen LogP contribution in [0.3, 0.4) is 0 Å². The third kappa shape index (κ3) is 2.51. The normalized spacial score (nSPS) is 9.78.